The molecule has 0 aliphatic heterocycles. The summed E-state index contributed by atoms with van der Waals surface area (Å²) >= 11 is 0. The summed E-state index contributed by atoms with van der Waals surface area (Å²) in [6.45, 7) is 0.380. The van der Waals surface area contributed by atoms with Gasteiger partial charge in [0.05, 0.1) is 0 Å². The lowest BCUT2D eigenvalue weighted by molar-refractivity contribution is -0.120. The summed E-state index contributed by atoms with van der Waals surface area (Å²) < 4.78 is 4.52. The third kappa shape index (κ3) is 5.22. The number of hydrogen-bond acceptors (Lipinski definition) is 4. The zero-order chi connectivity index (χ0) is 12.5. The predicted molar refractivity (Wildman–Crippen MR) is 68.4 cm³/mol. The quantitative estimate of drug-likeness (QED) is 0.611. The number of carbonyl (C=O) groups is 1. The minimum Gasteiger partial charge on any atom is -0.429 e. The smallest absolute Gasteiger partial charge is 0.298 e. The van der Waals surface area contributed by atoms with Gasteiger partial charge in [-0.3, -0.25) is 4.79 Å². The molecule has 0 radical (unpaired) electrons. The maximum absolute atomic E-state index is 9.81. The maximum atomic E-state index is 9.81. The van der Waals surface area contributed by atoms with Crippen LogP contribution in [0.15, 0.2) is 54.6 Å². The van der Waals surface area contributed by atoms with Crippen molar-refractivity contribution >= 4 is 17.8 Å². The highest BCUT2D eigenvalue weighted by molar-refractivity contribution is 5.48. The van der Waals surface area contributed by atoms with Crippen LogP contribution in [0.2, 0.25) is 0 Å². The van der Waals surface area contributed by atoms with E-state index in [9.17, 15) is 4.79 Å². The molecule has 0 saturated heterocycles. The van der Waals surface area contributed by atoms with Crippen molar-refractivity contribution in [2.45, 2.75) is 0 Å². The Morgan fingerprint density at radius 1 is 0.824 bits per heavy atom. The molecule has 0 bridgehead atoms. The minimum atomic E-state index is 0.380. The number of ether oxygens (including phenoxy) is 1. The summed E-state index contributed by atoms with van der Waals surface area (Å²) in [6, 6.07) is 16.1. The van der Waals surface area contributed by atoms with Gasteiger partial charge >= 0.3 is 0 Å². The fourth-order valence-electron chi connectivity index (χ4n) is 1.05. The van der Waals surface area contributed by atoms with Crippen LogP contribution in [0.1, 0.15) is 0 Å². The molecule has 2 rings (SSSR count). The molecule has 0 fully saturated rings. The second kappa shape index (κ2) is 6.90. The van der Waals surface area contributed by atoms with Crippen LogP contribution in [0.3, 0.4) is 0 Å². The van der Waals surface area contributed by atoms with E-state index in [4.69, 9.17) is 11.5 Å². The van der Waals surface area contributed by atoms with Crippen LogP contribution in [0.25, 0.3) is 0 Å². The van der Waals surface area contributed by atoms with Crippen molar-refractivity contribution in [3.05, 3.63) is 54.6 Å². The fraction of sp³-hybridized carbons (Fsp3) is 0. The zero-order valence-electron chi connectivity index (χ0n) is 9.24. The Labute approximate surface area is 99.8 Å². The second-order valence-electron chi connectivity index (χ2n) is 3.19. The van der Waals surface area contributed by atoms with Crippen LogP contribution >= 0.6 is 0 Å². The summed E-state index contributed by atoms with van der Waals surface area (Å²) in [5.74, 6) is 0.504. The van der Waals surface area contributed by atoms with Crippen LogP contribution in [0.4, 0.5) is 11.4 Å². The normalized spacial score (nSPS) is 8.71. The van der Waals surface area contributed by atoms with Gasteiger partial charge in [0.2, 0.25) is 0 Å². The highest BCUT2D eigenvalue weighted by Gasteiger charge is 1.88. The third-order valence-electron chi connectivity index (χ3n) is 1.86. The highest BCUT2D eigenvalue weighted by atomic mass is 16.5. The Balaban J connectivity index is 0.000000181. The number of carbonyl (C=O) groups excluding carboxylic acids is 1. The molecule has 0 spiro atoms. The van der Waals surface area contributed by atoms with Crippen molar-refractivity contribution in [3.63, 3.8) is 0 Å². The number of nitrogen functional groups attached to an aromatic ring is 2. The predicted octanol–water partition coefficient (Wildman–Crippen LogP) is 2.07. The maximum Gasteiger partial charge on any atom is 0.298 e. The van der Waals surface area contributed by atoms with Gasteiger partial charge in [-0.1, -0.05) is 18.2 Å². The lowest BCUT2D eigenvalue weighted by Gasteiger charge is -1.95. The van der Waals surface area contributed by atoms with Crippen LogP contribution in [0.5, 0.6) is 5.75 Å². The highest BCUT2D eigenvalue weighted by Crippen LogP contribution is 2.11. The zero-order valence-corrected chi connectivity index (χ0v) is 9.24. The van der Waals surface area contributed by atoms with E-state index in [1.54, 1.807) is 24.3 Å². The van der Waals surface area contributed by atoms with E-state index in [0.717, 1.165) is 5.69 Å². The molecular formula is C13H14N2O2. The average Bonchev–Trinajstić information content (AvgIpc) is 2.34. The average molecular weight is 230 g/mol. The first kappa shape index (κ1) is 12.6. The molecule has 0 aliphatic carbocycles. The number of nitrogens with two attached hydrogens (primary N) is 2. The van der Waals surface area contributed by atoms with Crippen LogP contribution in [-0.4, -0.2) is 6.47 Å². The van der Waals surface area contributed by atoms with Crippen LogP contribution in [0, 0.1) is 0 Å². The van der Waals surface area contributed by atoms with Crippen molar-refractivity contribution in [1.29, 1.82) is 0 Å². The SMILES string of the molecule is Nc1ccc(OC=O)cc1.Nc1ccccc1. The molecule has 2 aromatic carbocycles. The van der Waals surface area contributed by atoms with E-state index in [-0.39, 0.29) is 0 Å². The van der Waals surface area contributed by atoms with Crippen molar-refractivity contribution in [1.82, 2.24) is 0 Å². The molecule has 4 nitrogen and oxygen atoms in total. The van der Waals surface area contributed by atoms with E-state index < -0.39 is 0 Å². The van der Waals surface area contributed by atoms with Gasteiger partial charge in [0.1, 0.15) is 5.75 Å². The van der Waals surface area contributed by atoms with Gasteiger partial charge in [-0.05, 0) is 36.4 Å². The molecule has 2 aromatic rings. The van der Waals surface area contributed by atoms with Crippen LogP contribution < -0.4 is 16.2 Å². The minimum absolute atomic E-state index is 0.380. The van der Waals surface area contributed by atoms with Gasteiger partial charge in [-0.2, -0.15) is 0 Å². The number of hydrogen-bond donors (Lipinski definition) is 2. The first-order valence-corrected chi connectivity index (χ1v) is 4.98. The molecule has 0 saturated carbocycles. The Bertz CT molecular complexity index is 441. The van der Waals surface area contributed by atoms with E-state index in [1.165, 1.54) is 0 Å². The third-order valence-corrected chi connectivity index (χ3v) is 1.86. The summed E-state index contributed by atoms with van der Waals surface area (Å²) in [5, 5.41) is 0. The summed E-state index contributed by atoms with van der Waals surface area (Å²) in [5.41, 5.74) is 12.2. The van der Waals surface area contributed by atoms with Crippen molar-refractivity contribution < 1.29 is 9.53 Å². The van der Waals surface area contributed by atoms with E-state index in [1.807, 2.05) is 30.3 Å². The van der Waals surface area contributed by atoms with Gasteiger partial charge in [0.15, 0.2) is 0 Å². The Morgan fingerprint density at radius 3 is 1.76 bits per heavy atom. The van der Waals surface area contributed by atoms with E-state index >= 15 is 0 Å². The standard InChI is InChI=1S/C7H7NO2.C6H7N/c8-6-1-3-7(4-2-6)10-5-9;7-6-4-2-1-3-5-6/h1-5H,8H2;1-5H,7H2. The first-order chi connectivity index (χ1) is 8.22. The molecule has 0 atom stereocenters. The molecule has 4 heteroatoms. The summed E-state index contributed by atoms with van der Waals surface area (Å²) in [4.78, 5) is 9.81. The number of para-hydroxylation sites is 1. The van der Waals surface area contributed by atoms with Gasteiger partial charge < -0.3 is 16.2 Å². The largest absolute Gasteiger partial charge is 0.429 e. The lowest BCUT2D eigenvalue weighted by Crippen LogP contribution is -1.88. The molecule has 0 amide bonds. The van der Waals surface area contributed by atoms with Crippen molar-refractivity contribution in [2.75, 3.05) is 11.5 Å². The van der Waals surface area contributed by atoms with Gasteiger partial charge in [0.25, 0.3) is 6.47 Å². The lowest BCUT2D eigenvalue weighted by atomic mass is 10.3. The number of anilines is 2. The first-order valence-electron chi connectivity index (χ1n) is 4.98. The Morgan fingerprint density at radius 2 is 1.35 bits per heavy atom. The van der Waals surface area contributed by atoms with Crippen molar-refractivity contribution in [2.24, 2.45) is 0 Å². The van der Waals surface area contributed by atoms with Gasteiger partial charge in [-0.15, -0.1) is 0 Å². The molecule has 0 unspecified atom stereocenters. The van der Waals surface area contributed by atoms with Gasteiger partial charge in [-0.25, -0.2) is 0 Å². The molecule has 17 heavy (non-hydrogen) atoms. The van der Waals surface area contributed by atoms with E-state index in [0.29, 0.717) is 17.9 Å². The second-order valence-corrected chi connectivity index (χ2v) is 3.19. The number of rotatable bonds is 2. The Kier molecular flexibility index (Phi) is 5.10. The Hall–Kier alpha value is -2.49. The molecular weight excluding hydrogens is 216 g/mol. The van der Waals surface area contributed by atoms with Crippen LogP contribution in [-0.2, 0) is 4.79 Å². The number of benzene rings is 2. The molecule has 4 N–H and O–H groups in total. The van der Waals surface area contributed by atoms with Crippen molar-refractivity contribution in [3.8, 4) is 5.75 Å². The summed E-state index contributed by atoms with van der Waals surface area (Å²) in [7, 11) is 0. The summed E-state index contributed by atoms with van der Waals surface area (Å²) in [6.07, 6.45) is 0. The molecule has 0 aliphatic rings. The molecule has 0 heterocycles. The molecule has 88 valence electrons. The van der Waals surface area contributed by atoms with E-state index in [2.05, 4.69) is 4.74 Å². The van der Waals surface area contributed by atoms with Gasteiger partial charge in [0, 0.05) is 11.4 Å². The fourth-order valence-corrected chi connectivity index (χ4v) is 1.05. The monoisotopic (exact) mass is 230 g/mol. The molecule has 0 aromatic heterocycles. The topological polar surface area (TPSA) is 78.3 Å².